The summed E-state index contributed by atoms with van der Waals surface area (Å²) in [6.07, 6.45) is 1.88. The smallest absolute Gasteiger partial charge is 0.267 e. The molecule has 1 fully saturated rings. The normalized spacial score (nSPS) is 15.4. The van der Waals surface area contributed by atoms with Gasteiger partial charge in [0.2, 0.25) is 0 Å². The second-order valence-corrected chi connectivity index (χ2v) is 12.0. The molecule has 0 bridgehead atoms. The Labute approximate surface area is 254 Å². The molecule has 1 saturated heterocycles. The van der Waals surface area contributed by atoms with E-state index in [4.69, 9.17) is 21.3 Å². The molecule has 4 nitrogen and oxygen atoms in total. The fraction of sp³-hybridized carbons (Fsp3) is 0.0968. The maximum Gasteiger partial charge on any atom is 0.267 e. The van der Waals surface area contributed by atoms with Crippen molar-refractivity contribution in [3.8, 4) is 5.75 Å². The number of amidine groups is 1. The van der Waals surface area contributed by atoms with Crippen LogP contribution in [0.15, 0.2) is 116 Å². The molecule has 0 aliphatic carbocycles. The van der Waals surface area contributed by atoms with Crippen LogP contribution in [0.1, 0.15) is 22.3 Å². The van der Waals surface area contributed by atoms with E-state index in [0.717, 1.165) is 31.2 Å². The zero-order valence-corrected chi connectivity index (χ0v) is 25.4. The summed E-state index contributed by atoms with van der Waals surface area (Å²) in [5.74, 6) is 0.564. The number of carbonyl (C=O) groups is 1. The molecule has 1 heterocycles. The molecular weight excluding hydrogens is 660 g/mol. The lowest BCUT2D eigenvalue weighted by atomic mass is 10.1. The van der Waals surface area contributed by atoms with Crippen molar-refractivity contribution in [1.82, 2.24) is 4.90 Å². The second kappa shape index (κ2) is 13.0. The van der Waals surface area contributed by atoms with Crippen LogP contribution in [0.5, 0.6) is 5.75 Å². The van der Waals surface area contributed by atoms with Crippen molar-refractivity contribution in [2.24, 2.45) is 4.99 Å². The van der Waals surface area contributed by atoms with E-state index < -0.39 is 0 Å². The number of benzene rings is 4. The molecule has 196 valence electrons. The van der Waals surface area contributed by atoms with Gasteiger partial charge in [-0.1, -0.05) is 100 Å². The Hall–Kier alpha value is -2.84. The third-order valence-corrected chi connectivity index (χ3v) is 8.27. The summed E-state index contributed by atoms with van der Waals surface area (Å²) in [6, 6.07) is 31.4. The Morgan fingerprint density at radius 1 is 0.872 bits per heavy atom. The number of rotatable bonds is 8. The van der Waals surface area contributed by atoms with Gasteiger partial charge in [-0.15, -0.1) is 0 Å². The number of hydrogen-bond acceptors (Lipinski definition) is 4. The molecule has 0 spiro atoms. The van der Waals surface area contributed by atoms with Crippen molar-refractivity contribution in [2.75, 3.05) is 0 Å². The van der Waals surface area contributed by atoms with E-state index in [0.29, 0.717) is 40.5 Å². The first-order valence-corrected chi connectivity index (χ1v) is 14.9. The third-order valence-electron chi connectivity index (χ3n) is 5.93. The maximum atomic E-state index is 13.7. The van der Waals surface area contributed by atoms with Gasteiger partial charge in [0.05, 0.1) is 22.5 Å². The summed E-state index contributed by atoms with van der Waals surface area (Å²) >= 11 is 14.6. The Morgan fingerprint density at radius 2 is 1.54 bits per heavy atom. The Balaban J connectivity index is 1.46. The Kier molecular flexibility index (Phi) is 9.24. The summed E-state index contributed by atoms with van der Waals surface area (Å²) in [6.45, 7) is 1.30. The molecule has 4 aromatic carbocycles. The minimum Gasteiger partial charge on any atom is -0.487 e. The maximum absolute atomic E-state index is 13.7. The monoisotopic (exact) mass is 680 g/mol. The highest BCUT2D eigenvalue weighted by Gasteiger charge is 2.33. The molecule has 0 atom stereocenters. The van der Waals surface area contributed by atoms with Crippen LogP contribution >= 0.6 is 55.2 Å². The number of nitrogens with zero attached hydrogens (tertiary/aromatic N) is 2. The molecule has 0 radical (unpaired) electrons. The lowest BCUT2D eigenvalue weighted by molar-refractivity contribution is -0.122. The highest BCUT2D eigenvalue weighted by Crippen LogP contribution is 2.39. The number of ether oxygens (including phenoxy) is 1. The predicted molar refractivity (Wildman–Crippen MR) is 168 cm³/mol. The summed E-state index contributed by atoms with van der Waals surface area (Å²) < 4.78 is 7.88. The zero-order chi connectivity index (χ0) is 27.2. The fourth-order valence-corrected chi connectivity index (χ4v) is 6.46. The number of thioether (sulfide) groups is 1. The van der Waals surface area contributed by atoms with Crippen LogP contribution in [0.25, 0.3) is 6.08 Å². The van der Waals surface area contributed by atoms with Gasteiger partial charge in [0.15, 0.2) is 5.17 Å². The molecule has 0 saturated carbocycles. The molecule has 0 aromatic heterocycles. The minimum atomic E-state index is -0.0876. The van der Waals surface area contributed by atoms with Crippen LogP contribution in [-0.4, -0.2) is 16.0 Å². The largest absolute Gasteiger partial charge is 0.487 e. The summed E-state index contributed by atoms with van der Waals surface area (Å²) in [5, 5.41) is 1.35. The van der Waals surface area contributed by atoms with E-state index in [1.807, 2.05) is 103 Å². The van der Waals surface area contributed by atoms with E-state index in [1.165, 1.54) is 11.8 Å². The Morgan fingerprint density at radius 3 is 2.23 bits per heavy atom. The number of halogens is 3. The lowest BCUT2D eigenvalue weighted by Crippen LogP contribution is -2.28. The molecule has 0 unspecified atom stereocenters. The van der Waals surface area contributed by atoms with Gasteiger partial charge in [-0.2, -0.15) is 0 Å². The van der Waals surface area contributed by atoms with Crippen molar-refractivity contribution in [2.45, 2.75) is 19.7 Å². The number of carbonyl (C=O) groups excluding carboxylic acids is 1. The molecule has 4 aromatic rings. The molecule has 0 N–H and O–H groups in total. The quantitative estimate of drug-likeness (QED) is 0.174. The first-order valence-electron chi connectivity index (χ1n) is 12.2. The van der Waals surface area contributed by atoms with Crippen molar-refractivity contribution < 1.29 is 9.53 Å². The SMILES string of the molecule is O=C1/C(=C\c2cc(Br)cc(Br)c2OCc2ccc(Cl)cc2)SC(=NCc2ccccc2)N1Cc1ccccc1. The van der Waals surface area contributed by atoms with Crippen LogP contribution in [0.3, 0.4) is 0 Å². The van der Waals surface area contributed by atoms with Crippen molar-refractivity contribution in [1.29, 1.82) is 0 Å². The van der Waals surface area contributed by atoms with E-state index in [1.54, 1.807) is 4.90 Å². The number of amides is 1. The van der Waals surface area contributed by atoms with E-state index in [-0.39, 0.29) is 5.91 Å². The molecule has 1 amide bonds. The highest BCUT2D eigenvalue weighted by molar-refractivity contribution is 9.11. The van der Waals surface area contributed by atoms with Crippen molar-refractivity contribution in [3.05, 3.63) is 138 Å². The minimum absolute atomic E-state index is 0.0876. The highest BCUT2D eigenvalue weighted by atomic mass is 79.9. The standard InChI is InChI=1S/C31H23Br2ClN2O2S/c32-25-15-24(29(27(33)17-25)38-20-23-11-13-26(34)14-12-23)16-28-30(37)36(19-22-9-5-2-6-10-22)31(39-28)35-18-21-7-3-1-4-8-21/h1-17H,18-20H2/b28-16+,35-31?. The first kappa shape index (κ1) is 27.7. The molecule has 8 heteroatoms. The van der Waals surface area contributed by atoms with Crippen LogP contribution in [-0.2, 0) is 24.5 Å². The average Bonchev–Trinajstić information content (AvgIpc) is 3.22. The lowest BCUT2D eigenvalue weighted by Gasteiger charge is -2.16. The van der Waals surface area contributed by atoms with Gasteiger partial charge < -0.3 is 4.74 Å². The van der Waals surface area contributed by atoms with Gasteiger partial charge in [-0.05, 0) is 74.7 Å². The topological polar surface area (TPSA) is 41.9 Å². The van der Waals surface area contributed by atoms with E-state index in [9.17, 15) is 4.79 Å². The van der Waals surface area contributed by atoms with Gasteiger partial charge in [0.25, 0.3) is 5.91 Å². The van der Waals surface area contributed by atoms with Crippen molar-refractivity contribution >= 4 is 72.4 Å². The molecule has 5 rings (SSSR count). The van der Waals surface area contributed by atoms with Crippen molar-refractivity contribution in [3.63, 3.8) is 0 Å². The van der Waals surface area contributed by atoms with Crippen LogP contribution in [0.4, 0.5) is 0 Å². The second-order valence-electron chi connectivity index (χ2n) is 8.79. The number of hydrogen-bond donors (Lipinski definition) is 0. The number of aliphatic imine (C=N–C) groups is 1. The third kappa shape index (κ3) is 7.22. The summed E-state index contributed by atoms with van der Waals surface area (Å²) in [7, 11) is 0. The van der Waals surface area contributed by atoms with Gasteiger partial charge in [-0.3, -0.25) is 14.7 Å². The zero-order valence-electron chi connectivity index (χ0n) is 20.7. The van der Waals surface area contributed by atoms with Gasteiger partial charge in [0.1, 0.15) is 12.4 Å². The summed E-state index contributed by atoms with van der Waals surface area (Å²) in [5.41, 5.74) is 3.90. The van der Waals surface area contributed by atoms with Gasteiger partial charge in [-0.25, -0.2) is 0 Å². The molecule has 39 heavy (non-hydrogen) atoms. The van der Waals surface area contributed by atoms with E-state index in [2.05, 4.69) is 31.9 Å². The fourth-order valence-electron chi connectivity index (χ4n) is 3.99. The molecule has 1 aliphatic heterocycles. The molecular formula is C31H23Br2ClN2O2S. The van der Waals surface area contributed by atoms with Crippen LogP contribution < -0.4 is 4.74 Å². The Bertz CT molecular complexity index is 1530. The van der Waals surface area contributed by atoms with E-state index >= 15 is 0 Å². The first-order chi connectivity index (χ1) is 19.0. The summed E-state index contributed by atoms with van der Waals surface area (Å²) in [4.78, 5) is 20.9. The van der Waals surface area contributed by atoms with Gasteiger partial charge >= 0.3 is 0 Å². The van der Waals surface area contributed by atoms with Crippen LogP contribution in [0.2, 0.25) is 5.02 Å². The van der Waals surface area contributed by atoms with Crippen LogP contribution in [0, 0.1) is 0 Å². The average molecular weight is 683 g/mol. The predicted octanol–water partition coefficient (Wildman–Crippen LogP) is 9.12. The molecule has 1 aliphatic rings. The van der Waals surface area contributed by atoms with Gasteiger partial charge in [0, 0.05) is 15.1 Å².